The van der Waals surface area contributed by atoms with Gasteiger partial charge in [-0.05, 0) is 33.6 Å². The lowest BCUT2D eigenvalue weighted by molar-refractivity contribution is 0.171. The van der Waals surface area contributed by atoms with Gasteiger partial charge in [0.05, 0.1) is 34.5 Å². The quantitative estimate of drug-likeness (QED) is 0.887. The number of rotatable bonds is 5. The van der Waals surface area contributed by atoms with Crippen LogP contribution in [-0.4, -0.2) is 28.6 Å². The second-order valence-corrected chi connectivity index (χ2v) is 5.43. The molecule has 2 aromatic rings. The van der Waals surface area contributed by atoms with Gasteiger partial charge < -0.3 is 9.84 Å². The van der Waals surface area contributed by atoms with E-state index in [4.69, 9.17) is 16.3 Å². The molecule has 0 aliphatic carbocycles. The fourth-order valence-electron chi connectivity index (χ4n) is 1.84. The zero-order chi connectivity index (χ0) is 14.7. The molecule has 0 aliphatic heterocycles. The fourth-order valence-corrected chi connectivity index (χ4v) is 2.48. The smallest absolute Gasteiger partial charge is 0.137 e. The predicted octanol–water partition coefficient (Wildman–Crippen LogP) is 3.17. The number of aliphatic hydroxyl groups is 1. The van der Waals surface area contributed by atoms with Gasteiger partial charge in [-0.25, -0.2) is 4.39 Å². The Bertz CT molecular complexity index is 606. The van der Waals surface area contributed by atoms with Gasteiger partial charge in [-0.3, -0.25) is 4.68 Å². The Morgan fingerprint density at radius 1 is 1.55 bits per heavy atom. The van der Waals surface area contributed by atoms with Crippen LogP contribution in [0.2, 0.25) is 5.02 Å². The number of benzene rings is 1. The van der Waals surface area contributed by atoms with E-state index in [1.807, 2.05) is 0 Å². The summed E-state index contributed by atoms with van der Waals surface area (Å²) in [6.07, 6.45) is 0.479. The van der Waals surface area contributed by atoms with E-state index < -0.39 is 6.10 Å². The van der Waals surface area contributed by atoms with Crippen molar-refractivity contribution >= 4 is 27.5 Å². The van der Waals surface area contributed by atoms with Crippen LogP contribution in [0.1, 0.15) is 17.4 Å². The summed E-state index contributed by atoms with van der Waals surface area (Å²) >= 11 is 9.16. The lowest BCUT2D eigenvalue weighted by atomic mass is 10.1. The van der Waals surface area contributed by atoms with Crippen molar-refractivity contribution < 1.29 is 14.2 Å². The van der Waals surface area contributed by atoms with E-state index in [0.717, 1.165) is 0 Å². The van der Waals surface area contributed by atoms with E-state index in [2.05, 4.69) is 21.0 Å². The Morgan fingerprint density at radius 3 is 2.95 bits per heavy atom. The molecule has 108 valence electrons. The summed E-state index contributed by atoms with van der Waals surface area (Å²) in [5, 5.41) is 14.9. The van der Waals surface area contributed by atoms with Crippen LogP contribution in [0.3, 0.4) is 0 Å². The second-order valence-electron chi connectivity index (χ2n) is 4.17. The maximum atomic E-state index is 13.2. The van der Waals surface area contributed by atoms with Gasteiger partial charge in [-0.2, -0.15) is 5.10 Å². The highest BCUT2D eigenvalue weighted by Crippen LogP contribution is 2.30. The zero-order valence-corrected chi connectivity index (χ0v) is 13.0. The molecule has 0 aliphatic rings. The summed E-state index contributed by atoms with van der Waals surface area (Å²) in [4.78, 5) is 0. The molecule has 2 rings (SSSR count). The summed E-state index contributed by atoms with van der Waals surface area (Å²) in [7, 11) is 1.58. The SMILES string of the molecule is COCCn1ncc(Cl)c1C(O)c1ccc(F)c(Br)c1. The molecule has 1 atom stereocenters. The van der Waals surface area contributed by atoms with Crippen LogP contribution in [0.25, 0.3) is 0 Å². The average Bonchev–Trinajstić information content (AvgIpc) is 2.80. The molecule has 1 N–H and O–H groups in total. The van der Waals surface area contributed by atoms with Crippen molar-refractivity contribution in [2.24, 2.45) is 0 Å². The van der Waals surface area contributed by atoms with E-state index in [-0.39, 0.29) is 10.3 Å². The first-order chi connectivity index (χ1) is 9.54. The molecular weight excluding hydrogens is 351 g/mol. The third-order valence-electron chi connectivity index (χ3n) is 2.86. The Hall–Kier alpha value is -0.950. The molecule has 0 saturated heterocycles. The van der Waals surface area contributed by atoms with Crippen molar-refractivity contribution in [3.63, 3.8) is 0 Å². The van der Waals surface area contributed by atoms with E-state index in [0.29, 0.717) is 29.4 Å². The first kappa shape index (κ1) is 15.4. The topological polar surface area (TPSA) is 47.3 Å². The minimum absolute atomic E-state index is 0.285. The van der Waals surface area contributed by atoms with Crippen LogP contribution in [0, 0.1) is 5.82 Å². The first-order valence-corrected chi connectivity index (χ1v) is 7.05. The van der Waals surface area contributed by atoms with Gasteiger partial charge in [-0.15, -0.1) is 0 Å². The number of hydrogen-bond donors (Lipinski definition) is 1. The monoisotopic (exact) mass is 362 g/mol. The second kappa shape index (κ2) is 6.67. The molecule has 7 heteroatoms. The van der Waals surface area contributed by atoms with Crippen LogP contribution in [-0.2, 0) is 11.3 Å². The molecule has 0 saturated carbocycles. The van der Waals surface area contributed by atoms with E-state index in [1.54, 1.807) is 11.8 Å². The number of hydrogen-bond acceptors (Lipinski definition) is 3. The zero-order valence-electron chi connectivity index (χ0n) is 10.7. The Labute approximate surface area is 129 Å². The molecule has 1 aromatic heterocycles. The van der Waals surface area contributed by atoms with Crippen molar-refractivity contribution in [1.29, 1.82) is 0 Å². The maximum Gasteiger partial charge on any atom is 0.137 e. The average molecular weight is 364 g/mol. The first-order valence-electron chi connectivity index (χ1n) is 5.87. The number of aliphatic hydroxyl groups excluding tert-OH is 1. The molecule has 1 aromatic carbocycles. The standard InChI is InChI=1S/C13H13BrClFN2O2/c1-20-5-4-18-12(10(15)7-17-18)13(19)8-2-3-11(16)9(14)6-8/h2-3,6-7,13,19H,4-5H2,1H3. The lowest BCUT2D eigenvalue weighted by Gasteiger charge is -2.15. The Morgan fingerprint density at radius 2 is 2.30 bits per heavy atom. The van der Waals surface area contributed by atoms with Gasteiger partial charge in [0.15, 0.2) is 0 Å². The van der Waals surface area contributed by atoms with Crippen molar-refractivity contribution in [3.05, 3.63) is 51.0 Å². The summed E-state index contributed by atoms with van der Waals surface area (Å²) in [6.45, 7) is 0.919. The van der Waals surface area contributed by atoms with Crippen molar-refractivity contribution in [2.75, 3.05) is 13.7 Å². The number of aromatic nitrogens is 2. The normalized spacial score (nSPS) is 12.7. The third-order valence-corrected chi connectivity index (χ3v) is 3.76. The van der Waals surface area contributed by atoms with E-state index in [9.17, 15) is 9.50 Å². The summed E-state index contributed by atoms with van der Waals surface area (Å²) in [5.41, 5.74) is 0.988. The molecule has 0 spiro atoms. The highest BCUT2D eigenvalue weighted by molar-refractivity contribution is 9.10. The number of methoxy groups -OCH3 is 1. The van der Waals surface area contributed by atoms with E-state index >= 15 is 0 Å². The number of halogens is 3. The molecule has 1 unspecified atom stereocenters. The number of ether oxygens (including phenoxy) is 1. The lowest BCUT2D eigenvalue weighted by Crippen LogP contribution is -2.13. The molecular formula is C13H13BrClFN2O2. The predicted molar refractivity (Wildman–Crippen MR) is 77.3 cm³/mol. The molecule has 20 heavy (non-hydrogen) atoms. The van der Waals surface area contributed by atoms with Gasteiger partial charge in [0.25, 0.3) is 0 Å². The van der Waals surface area contributed by atoms with Crippen molar-refractivity contribution in [2.45, 2.75) is 12.6 Å². The van der Waals surface area contributed by atoms with Gasteiger partial charge in [-0.1, -0.05) is 17.7 Å². The van der Waals surface area contributed by atoms with Crippen molar-refractivity contribution in [3.8, 4) is 0 Å². The van der Waals surface area contributed by atoms with Crippen LogP contribution >= 0.6 is 27.5 Å². The fraction of sp³-hybridized carbons (Fsp3) is 0.308. The summed E-state index contributed by atoms with van der Waals surface area (Å²) in [6, 6.07) is 4.31. The van der Waals surface area contributed by atoms with Gasteiger partial charge >= 0.3 is 0 Å². The molecule has 1 heterocycles. The van der Waals surface area contributed by atoms with Crippen LogP contribution in [0.15, 0.2) is 28.9 Å². The largest absolute Gasteiger partial charge is 0.383 e. The minimum Gasteiger partial charge on any atom is -0.383 e. The van der Waals surface area contributed by atoms with Crippen LogP contribution < -0.4 is 0 Å². The highest BCUT2D eigenvalue weighted by atomic mass is 79.9. The molecule has 0 radical (unpaired) electrons. The Kier molecular flexibility index (Phi) is 5.15. The molecule has 0 amide bonds. The molecule has 0 bridgehead atoms. The van der Waals surface area contributed by atoms with E-state index in [1.165, 1.54) is 24.4 Å². The summed E-state index contributed by atoms with van der Waals surface area (Å²) < 4.78 is 20.1. The van der Waals surface area contributed by atoms with Crippen molar-refractivity contribution in [1.82, 2.24) is 9.78 Å². The Balaban J connectivity index is 2.34. The third kappa shape index (κ3) is 3.20. The minimum atomic E-state index is -0.987. The highest BCUT2D eigenvalue weighted by Gasteiger charge is 2.20. The van der Waals surface area contributed by atoms with Gasteiger partial charge in [0.1, 0.15) is 11.9 Å². The van der Waals surface area contributed by atoms with Gasteiger partial charge in [0, 0.05) is 7.11 Å². The van der Waals surface area contributed by atoms with Gasteiger partial charge in [0.2, 0.25) is 0 Å². The molecule has 4 nitrogen and oxygen atoms in total. The van der Waals surface area contributed by atoms with Crippen LogP contribution in [0.5, 0.6) is 0 Å². The summed E-state index contributed by atoms with van der Waals surface area (Å²) in [5.74, 6) is -0.389. The van der Waals surface area contributed by atoms with Crippen LogP contribution in [0.4, 0.5) is 4.39 Å². The number of nitrogens with zero attached hydrogens (tertiary/aromatic N) is 2. The molecule has 0 fully saturated rings. The maximum absolute atomic E-state index is 13.2.